The molecule has 0 radical (unpaired) electrons. The van der Waals surface area contributed by atoms with Gasteiger partial charge in [0.1, 0.15) is 0 Å². The quantitative estimate of drug-likeness (QED) is 0.605. The van der Waals surface area contributed by atoms with Gasteiger partial charge in [0.2, 0.25) is 10.0 Å². The first-order chi connectivity index (χ1) is 7.92. The molecule has 8 heteroatoms. The average molecular weight is 259 g/mol. The van der Waals surface area contributed by atoms with Crippen LogP contribution in [-0.4, -0.2) is 26.9 Å². The molecule has 0 fully saturated rings. The van der Waals surface area contributed by atoms with Crippen LogP contribution in [0.4, 0.5) is 11.4 Å². The summed E-state index contributed by atoms with van der Waals surface area (Å²) in [6.07, 6.45) is 0. The van der Waals surface area contributed by atoms with E-state index in [1.54, 1.807) is 14.0 Å². The molecule has 1 aromatic carbocycles. The molecule has 0 unspecified atom stereocenters. The predicted molar refractivity (Wildman–Crippen MR) is 63.5 cm³/mol. The number of sulfonamides is 1. The van der Waals surface area contributed by atoms with E-state index in [-0.39, 0.29) is 11.4 Å². The minimum Gasteiger partial charge on any atom is -0.388 e. The highest BCUT2D eigenvalue weighted by Gasteiger charge is 2.25. The van der Waals surface area contributed by atoms with Gasteiger partial charge in [-0.2, -0.15) is 0 Å². The minimum atomic E-state index is -3.83. The third-order valence-electron chi connectivity index (χ3n) is 2.07. The Labute approximate surface area is 99.0 Å². The maximum atomic E-state index is 11.7. The average Bonchev–Trinajstić information content (AvgIpc) is 2.28. The lowest BCUT2D eigenvalue weighted by molar-refractivity contribution is -0.387. The lowest BCUT2D eigenvalue weighted by Gasteiger charge is -2.07. The summed E-state index contributed by atoms with van der Waals surface area (Å²) in [5.74, 6) is 0. The molecule has 2 N–H and O–H groups in total. The van der Waals surface area contributed by atoms with E-state index in [9.17, 15) is 18.5 Å². The van der Waals surface area contributed by atoms with Crippen LogP contribution in [0.3, 0.4) is 0 Å². The zero-order valence-corrected chi connectivity index (χ0v) is 10.2. The molecule has 0 aliphatic carbocycles. The summed E-state index contributed by atoms with van der Waals surface area (Å²) in [7, 11) is -2.24. The number of benzene rings is 1. The van der Waals surface area contributed by atoms with E-state index in [2.05, 4.69) is 10.0 Å². The van der Waals surface area contributed by atoms with Crippen molar-refractivity contribution in [2.45, 2.75) is 11.8 Å². The van der Waals surface area contributed by atoms with Crippen molar-refractivity contribution < 1.29 is 13.3 Å². The molecule has 0 aromatic heterocycles. The fourth-order valence-corrected chi connectivity index (χ4v) is 2.50. The second-order valence-corrected chi connectivity index (χ2v) is 4.93. The van der Waals surface area contributed by atoms with Crippen molar-refractivity contribution in [2.24, 2.45) is 0 Å². The van der Waals surface area contributed by atoms with Crippen LogP contribution in [0.25, 0.3) is 0 Å². The van der Waals surface area contributed by atoms with Gasteiger partial charge in [0.25, 0.3) is 5.69 Å². The van der Waals surface area contributed by atoms with Crippen molar-refractivity contribution in [3.63, 3.8) is 0 Å². The molecule has 0 bridgehead atoms. The van der Waals surface area contributed by atoms with E-state index in [0.29, 0.717) is 5.69 Å². The zero-order chi connectivity index (χ0) is 13.1. The Morgan fingerprint density at radius 2 is 2.06 bits per heavy atom. The molecule has 0 aliphatic rings. The van der Waals surface area contributed by atoms with E-state index < -0.39 is 20.6 Å². The Morgan fingerprint density at radius 1 is 1.41 bits per heavy atom. The lowest BCUT2D eigenvalue weighted by atomic mass is 10.3. The van der Waals surface area contributed by atoms with Gasteiger partial charge in [0, 0.05) is 25.3 Å². The van der Waals surface area contributed by atoms with Crippen molar-refractivity contribution in [3.05, 3.63) is 28.3 Å². The Bertz CT molecular complexity index is 527. The number of anilines is 1. The largest absolute Gasteiger partial charge is 0.388 e. The maximum absolute atomic E-state index is 11.7. The molecule has 1 rings (SSSR count). The highest BCUT2D eigenvalue weighted by Crippen LogP contribution is 2.26. The number of hydrogen-bond donors (Lipinski definition) is 2. The van der Waals surface area contributed by atoms with Gasteiger partial charge in [0.15, 0.2) is 4.90 Å². The molecule has 0 spiro atoms. The third kappa shape index (κ3) is 2.92. The topological polar surface area (TPSA) is 101 Å². The Hall–Kier alpha value is -1.67. The first-order valence-electron chi connectivity index (χ1n) is 4.88. The van der Waals surface area contributed by atoms with Gasteiger partial charge in [-0.1, -0.05) is 6.92 Å². The summed E-state index contributed by atoms with van der Waals surface area (Å²) in [5.41, 5.74) is 0.0324. The fourth-order valence-electron chi connectivity index (χ4n) is 1.31. The summed E-state index contributed by atoms with van der Waals surface area (Å²) >= 11 is 0. The molecule has 0 aliphatic heterocycles. The standard InChI is InChI=1S/C9H13N3O4S/c1-3-11-17(15,16)9-5-4-7(10-2)6-8(9)12(13)14/h4-6,10-11H,3H2,1-2H3. The minimum absolute atomic E-state index is 0.174. The molecular formula is C9H13N3O4S. The van der Waals surface area contributed by atoms with Crippen LogP contribution in [0.2, 0.25) is 0 Å². The molecular weight excluding hydrogens is 246 g/mol. The van der Waals surface area contributed by atoms with Gasteiger partial charge in [-0.3, -0.25) is 10.1 Å². The summed E-state index contributed by atoms with van der Waals surface area (Å²) in [4.78, 5) is 9.78. The Kier molecular flexibility index (Phi) is 4.02. The first kappa shape index (κ1) is 13.4. The van der Waals surface area contributed by atoms with Crippen LogP contribution >= 0.6 is 0 Å². The SMILES string of the molecule is CCNS(=O)(=O)c1ccc(NC)cc1[N+](=O)[O-]. The van der Waals surface area contributed by atoms with Gasteiger partial charge in [-0.25, -0.2) is 13.1 Å². The van der Waals surface area contributed by atoms with Crippen LogP contribution in [0, 0.1) is 10.1 Å². The summed E-state index contributed by atoms with van der Waals surface area (Å²) in [6.45, 7) is 1.78. The van der Waals surface area contributed by atoms with Crippen molar-refractivity contribution in [2.75, 3.05) is 18.9 Å². The summed E-state index contributed by atoms with van der Waals surface area (Å²) in [6, 6.07) is 3.86. The van der Waals surface area contributed by atoms with Crippen molar-refractivity contribution in [3.8, 4) is 0 Å². The smallest absolute Gasteiger partial charge is 0.291 e. The molecule has 7 nitrogen and oxygen atoms in total. The fraction of sp³-hybridized carbons (Fsp3) is 0.333. The number of hydrogen-bond acceptors (Lipinski definition) is 5. The van der Waals surface area contributed by atoms with Crippen LogP contribution < -0.4 is 10.0 Å². The van der Waals surface area contributed by atoms with Crippen LogP contribution in [-0.2, 0) is 10.0 Å². The normalized spacial score (nSPS) is 11.2. The van der Waals surface area contributed by atoms with E-state index >= 15 is 0 Å². The Morgan fingerprint density at radius 3 is 2.53 bits per heavy atom. The Balaban J connectivity index is 3.39. The number of nitro benzene ring substituents is 1. The number of nitro groups is 1. The monoisotopic (exact) mass is 259 g/mol. The molecule has 17 heavy (non-hydrogen) atoms. The van der Waals surface area contributed by atoms with Gasteiger partial charge in [-0.05, 0) is 12.1 Å². The predicted octanol–water partition coefficient (Wildman–Crippen LogP) is 0.935. The lowest BCUT2D eigenvalue weighted by Crippen LogP contribution is -2.24. The van der Waals surface area contributed by atoms with E-state index in [0.717, 1.165) is 0 Å². The number of nitrogens with zero attached hydrogens (tertiary/aromatic N) is 1. The molecule has 0 atom stereocenters. The molecule has 0 saturated heterocycles. The van der Waals surface area contributed by atoms with E-state index in [1.807, 2.05) is 0 Å². The van der Waals surface area contributed by atoms with Crippen LogP contribution in [0.1, 0.15) is 6.92 Å². The van der Waals surface area contributed by atoms with Crippen molar-refractivity contribution in [1.29, 1.82) is 0 Å². The molecule has 0 heterocycles. The highest BCUT2D eigenvalue weighted by molar-refractivity contribution is 7.89. The van der Waals surface area contributed by atoms with Gasteiger partial charge in [0.05, 0.1) is 4.92 Å². The highest BCUT2D eigenvalue weighted by atomic mass is 32.2. The number of rotatable bonds is 5. The second-order valence-electron chi connectivity index (χ2n) is 3.19. The van der Waals surface area contributed by atoms with Crippen LogP contribution in [0.5, 0.6) is 0 Å². The third-order valence-corrected chi connectivity index (χ3v) is 3.66. The van der Waals surface area contributed by atoms with E-state index in [4.69, 9.17) is 0 Å². The van der Waals surface area contributed by atoms with Crippen molar-refractivity contribution in [1.82, 2.24) is 4.72 Å². The molecule has 1 aromatic rings. The van der Waals surface area contributed by atoms with E-state index in [1.165, 1.54) is 18.2 Å². The molecule has 0 saturated carbocycles. The first-order valence-corrected chi connectivity index (χ1v) is 6.36. The summed E-state index contributed by atoms with van der Waals surface area (Å²) in [5, 5.41) is 13.5. The van der Waals surface area contributed by atoms with Crippen LogP contribution in [0.15, 0.2) is 23.1 Å². The maximum Gasteiger partial charge on any atom is 0.291 e. The molecule has 0 amide bonds. The summed E-state index contributed by atoms with van der Waals surface area (Å²) < 4.78 is 25.7. The van der Waals surface area contributed by atoms with Gasteiger partial charge >= 0.3 is 0 Å². The molecule has 94 valence electrons. The van der Waals surface area contributed by atoms with Gasteiger partial charge < -0.3 is 5.32 Å². The number of nitrogens with one attached hydrogen (secondary N) is 2. The van der Waals surface area contributed by atoms with Crippen molar-refractivity contribution >= 4 is 21.4 Å². The van der Waals surface area contributed by atoms with Gasteiger partial charge in [-0.15, -0.1) is 0 Å². The zero-order valence-electron chi connectivity index (χ0n) is 9.43. The second kappa shape index (κ2) is 5.11.